The van der Waals surface area contributed by atoms with Crippen LogP contribution >= 0.6 is 12.4 Å². The Morgan fingerprint density at radius 1 is 1.38 bits per heavy atom. The first-order valence-electron chi connectivity index (χ1n) is 7.83. The minimum absolute atomic E-state index is 0. The number of hydrogen-bond acceptors (Lipinski definition) is 4. The molecule has 7 heteroatoms. The summed E-state index contributed by atoms with van der Waals surface area (Å²) in [5, 5.41) is 10.4. The van der Waals surface area contributed by atoms with E-state index in [1.807, 2.05) is 30.3 Å². The first kappa shape index (κ1) is 18.2. The quantitative estimate of drug-likeness (QED) is 0.876. The number of halogens is 1. The normalized spacial score (nSPS) is 16.5. The van der Waals surface area contributed by atoms with Crippen molar-refractivity contribution >= 4 is 18.3 Å². The maximum atomic E-state index is 12.3. The number of para-hydroxylation sites is 1. The standard InChI is InChI=1S/C17H20N4O2.ClH/c1-12-10-15(22)16(17(23)19-11-13-6-5-9-18-13)20-21(12)14-7-3-2-4-8-14;/h2-4,7-8,10,13,18H,5-6,9,11H2,1H3,(H,19,23);1H. The smallest absolute Gasteiger partial charge is 0.275 e. The van der Waals surface area contributed by atoms with Crippen LogP contribution in [0.25, 0.3) is 5.69 Å². The van der Waals surface area contributed by atoms with Gasteiger partial charge in [0.1, 0.15) is 0 Å². The van der Waals surface area contributed by atoms with Gasteiger partial charge >= 0.3 is 0 Å². The van der Waals surface area contributed by atoms with E-state index in [-0.39, 0.29) is 29.6 Å². The van der Waals surface area contributed by atoms with Gasteiger partial charge in [-0.1, -0.05) is 18.2 Å². The summed E-state index contributed by atoms with van der Waals surface area (Å²) in [5.74, 6) is -0.423. The molecule has 128 valence electrons. The third kappa shape index (κ3) is 4.01. The molecule has 2 N–H and O–H groups in total. The Bertz CT molecular complexity index is 755. The first-order valence-corrected chi connectivity index (χ1v) is 7.83. The van der Waals surface area contributed by atoms with E-state index < -0.39 is 5.91 Å². The lowest BCUT2D eigenvalue weighted by atomic mass is 10.2. The molecule has 6 nitrogen and oxygen atoms in total. The second-order valence-corrected chi connectivity index (χ2v) is 5.75. The Kier molecular flexibility index (Phi) is 6.11. The molecule has 1 aliphatic heterocycles. The fourth-order valence-corrected chi connectivity index (χ4v) is 2.77. The van der Waals surface area contributed by atoms with Crippen molar-refractivity contribution in [3.05, 3.63) is 58.0 Å². The Hall–Kier alpha value is -2.18. The van der Waals surface area contributed by atoms with Gasteiger partial charge in [0.15, 0.2) is 5.69 Å². The predicted molar refractivity (Wildman–Crippen MR) is 95.2 cm³/mol. The number of amides is 1. The zero-order chi connectivity index (χ0) is 16.2. The molecule has 0 radical (unpaired) electrons. The molecule has 0 bridgehead atoms. The number of aryl methyl sites for hydroxylation is 1. The summed E-state index contributed by atoms with van der Waals surface area (Å²) in [6.07, 6.45) is 2.15. The number of carbonyl (C=O) groups is 1. The van der Waals surface area contributed by atoms with Crippen molar-refractivity contribution in [2.45, 2.75) is 25.8 Å². The van der Waals surface area contributed by atoms with Gasteiger partial charge in [-0.05, 0) is 38.4 Å². The highest BCUT2D eigenvalue weighted by molar-refractivity contribution is 5.92. The molecule has 1 unspecified atom stereocenters. The van der Waals surface area contributed by atoms with Crippen LogP contribution in [0.3, 0.4) is 0 Å². The van der Waals surface area contributed by atoms with Crippen molar-refractivity contribution in [1.29, 1.82) is 0 Å². The van der Waals surface area contributed by atoms with Gasteiger partial charge in [-0.15, -0.1) is 12.4 Å². The van der Waals surface area contributed by atoms with E-state index in [0.717, 1.165) is 25.1 Å². The monoisotopic (exact) mass is 348 g/mol. The molecule has 2 aromatic rings. The maximum absolute atomic E-state index is 12.3. The second kappa shape index (κ2) is 8.08. The molecule has 0 aliphatic carbocycles. The van der Waals surface area contributed by atoms with E-state index in [1.54, 1.807) is 11.6 Å². The minimum Gasteiger partial charge on any atom is -0.349 e. The van der Waals surface area contributed by atoms with E-state index in [2.05, 4.69) is 15.7 Å². The lowest BCUT2D eigenvalue weighted by molar-refractivity contribution is 0.0942. The van der Waals surface area contributed by atoms with Crippen molar-refractivity contribution in [3.8, 4) is 5.69 Å². The van der Waals surface area contributed by atoms with E-state index in [0.29, 0.717) is 12.2 Å². The molecule has 3 rings (SSSR count). The molecule has 24 heavy (non-hydrogen) atoms. The van der Waals surface area contributed by atoms with Crippen LogP contribution < -0.4 is 16.1 Å². The Morgan fingerprint density at radius 3 is 2.79 bits per heavy atom. The molecule has 0 spiro atoms. The number of aromatic nitrogens is 2. The number of benzene rings is 1. The number of hydrogen-bond donors (Lipinski definition) is 2. The van der Waals surface area contributed by atoms with Crippen molar-refractivity contribution in [2.75, 3.05) is 13.1 Å². The highest BCUT2D eigenvalue weighted by atomic mass is 35.5. The van der Waals surface area contributed by atoms with Gasteiger partial charge in [-0.25, -0.2) is 4.68 Å². The van der Waals surface area contributed by atoms with Crippen LogP contribution in [-0.4, -0.2) is 34.8 Å². The van der Waals surface area contributed by atoms with Crippen LogP contribution in [0.1, 0.15) is 29.0 Å². The average Bonchev–Trinajstić information content (AvgIpc) is 3.07. The Labute approximate surface area is 146 Å². The largest absolute Gasteiger partial charge is 0.349 e. The van der Waals surface area contributed by atoms with Gasteiger partial charge in [0, 0.05) is 24.3 Å². The molecular formula is C17H21ClN4O2. The van der Waals surface area contributed by atoms with Crippen LogP contribution in [0.15, 0.2) is 41.2 Å². The van der Waals surface area contributed by atoms with Gasteiger partial charge < -0.3 is 10.6 Å². The number of nitrogens with one attached hydrogen (secondary N) is 2. The van der Waals surface area contributed by atoms with Crippen molar-refractivity contribution in [2.24, 2.45) is 0 Å². The number of carbonyl (C=O) groups excluding carboxylic acids is 1. The zero-order valence-electron chi connectivity index (χ0n) is 13.5. The highest BCUT2D eigenvalue weighted by Gasteiger charge is 2.18. The summed E-state index contributed by atoms with van der Waals surface area (Å²) in [6, 6.07) is 11.2. The molecule has 1 saturated heterocycles. The van der Waals surface area contributed by atoms with Crippen molar-refractivity contribution < 1.29 is 4.79 Å². The van der Waals surface area contributed by atoms with E-state index in [9.17, 15) is 9.59 Å². The number of rotatable bonds is 4. The molecule has 1 atom stereocenters. The van der Waals surface area contributed by atoms with Crippen LogP contribution in [0.5, 0.6) is 0 Å². The SMILES string of the molecule is Cc1cc(=O)c(C(=O)NCC2CCCN2)nn1-c1ccccc1.Cl. The van der Waals surface area contributed by atoms with Crippen LogP contribution in [0.2, 0.25) is 0 Å². The third-order valence-corrected chi connectivity index (χ3v) is 3.99. The van der Waals surface area contributed by atoms with Gasteiger partial charge in [-0.3, -0.25) is 9.59 Å². The van der Waals surface area contributed by atoms with Gasteiger partial charge in [0.2, 0.25) is 5.43 Å². The van der Waals surface area contributed by atoms with Crippen LogP contribution in [-0.2, 0) is 0 Å². The van der Waals surface area contributed by atoms with E-state index in [4.69, 9.17) is 0 Å². The second-order valence-electron chi connectivity index (χ2n) is 5.75. The van der Waals surface area contributed by atoms with Gasteiger partial charge in [-0.2, -0.15) is 5.10 Å². The molecule has 2 heterocycles. The molecule has 1 amide bonds. The highest BCUT2D eigenvalue weighted by Crippen LogP contribution is 2.08. The average molecular weight is 349 g/mol. The van der Waals surface area contributed by atoms with Crippen molar-refractivity contribution in [3.63, 3.8) is 0 Å². The Balaban J connectivity index is 0.00000208. The zero-order valence-corrected chi connectivity index (χ0v) is 14.3. The van der Waals surface area contributed by atoms with Gasteiger partial charge in [0.05, 0.1) is 5.69 Å². The van der Waals surface area contributed by atoms with E-state index >= 15 is 0 Å². The van der Waals surface area contributed by atoms with E-state index in [1.165, 1.54) is 6.07 Å². The lowest BCUT2D eigenvalue weighted by Crippen LogP contribution is -2.39. The van der Waals surface area contributed by atoms with Gasteiger partial charge in [0.25, 0.3) is 5.91 Å². The van der Waals surface area contributed by atoms with Crippen LogP contribution in [0.4, 0.5) is 0 Å². The minimum atomic E-state index is -0.423. The maximum Gasteiger partial charge on any atom is 0.275 e. The molecule has 1 aromatic carbocycles. The molecule has 0 saturated carbocycles. The summed E-state index contributed by atoms with van der Waals surface area (Å²) >= 11 is 0. The summed E-state index contributed by atoms with van der Waals surface area (Å²) in [4.78, 5) is 24.4. The third-order valence-electron chi connectivity index (χ3n) is 3.99. The predicted octanol–water partition coefficient (Wildman–Crippen LogP) is 1.44. The van der Waals surface area contributed by atoms with Crippen LogP contribution in [0, 0.1) is 6.92 Å². The molecule has 1 fully saturated rings. The first-order chi connectivity index (χ1) is 11.1. The van der Waals surface area contributed by atoms with Crippen molar-refractivity contribution in [1.82, 2.24) is 20.4 Å². The lowest BCUT2D eigenvalue weighted by Gasteiger charge is -2.13. The summed E-state index contributed by atoms with van der Waals surface area (Å²) in [7, 11) is 0. The summed E-state index contributed by atoms with van der Waals surface area (Å²) in [5.41, 5.74) is 1.08. The molecular weight excluding hydrogens is 328 g/mol. The fourth-order valence-electron chi connectivity index (χ4n) is 2.77. The Morgan fingerprint density at radius 2 is 2.12 bits per heavy atom. The topological polar surface area (TPSA) is 76.0 Å². The molecule has 1 aliphatic rings. The summed E-state index contributed by atoms with van der Waals surface area (Å²) in [6.45, 7) is 3.29. The number of nitrogens with zero attached hydrogens (tertiary/aromatic N) is 2. The summed E-state index contributed by atoms with van der Waals surface area (Å²) < 4.78 is 1.62. The molecule has 1 aromatic heterocycles. The fraction of sp³-hybridized carbons (Fsp3) is 0.353.